The van der Waals surface area contributed by atoms with Gasteiger partial charge in [-0.3, -0.25) is 9.48 Å². The molecule has 0 bridgehead atoms. The molecule has 1 N–H and O–H groups in total. The number of nitrogens with zero attached hydrogens (tertiary/aromatic N) is 4. The van der Waals surface area contributed by atoms with Gasteiger partial charge in [0.15, 0.2) is 5.82 Å². The maximum atomic E-state index is 13.3. The highest BCUT2D eigenvalue weighted by Gasteiger charge is 2.31. The highest BCUT2D eigenvalue weighted by molar-refractivity contribution is 5.95. The Labute approximate surface area is 169 Å². The minimum Gasteiger partial charge on any atom is -0.373 e. The van der Waals surface area contributed by atoms with Crippen LogP contribution in [0.15, 0.2) is 48.8 Å². The maximum Gasteiger partial charge on any atom is 0.251 e. The molecule has 2 aromatic carbocycles. The van der Waals surface area contributed by atoms with E-state index < -0.39 is 0 Å². The molecule has 0 fully saturated rings. The van der Waals surface area contributed by atoms with Crippen molar-refractivity contribution in [2.45, 2.75) is 32.4 Å². The van der Waals surface area contributed by atoms with Gasteiger partial charge >= 0.3 is 0 Å². The van der Waals surface area contributed by atoms with Crippen LogP contribution in [0.25, 0.3) is 0 Å². The Hall–Kier alpha value is -3.22. The van der Waals surface area contributed by atoms with Crippen LogP contribution >= 0.6 is 0 Å². The fourth-order valence-electron chi connectivity index (χ4n) is 3.64. The Kier molecular flexibility index (Phi) is 5.05. The molecule has 1 aliphatic heterocycles. The van der Waals surface area contributed by atoms with E-state index in [4.69, 9.17) is 0 Å². The van der Waals surface area contributed by atoms with Crippen LogP contribution in [0.5, 0.6) is 0 Å². The molecule has 7 heteroatoms. The lowest BCUT2D eigenvalue weighted by Gasteiger charge is -2.12. The molecule has 0 radical (unpaired) electrons. The van der Waals surface area contributed by atoms with Crippen LogP contribution in [0.3, 0.4) is 0 Å². The van der Waals surface area contributed by atoms with E-state index in [-0.39, 0.29) is 30.2 Å². The molecule has 0 aliphatic carbocycles. The quantitative estimate of drug-likeness (QED) is 0.721. The number of nitrogens with one attached hydrogen (secondary N) is 1. The third-order valence-corrected chi connectivity index (χ3v) is 5.24. The highest BCUT2D eigenvalue weighted by Crippen LogP contribution is 2.38. The van der Waals surface area contributed by atoms with Crippen LogP contribution in [0.4, 0.5) is 10.1 Å². The summed E-state index contributed by atoms with van der Waals surface area (Å²) < 4.78 is 15.2. The molecule has 1 atom stereocenters. The summed E-state index contributed by atoms with van der Waals surface area (Å²) in [7, 11) is 2.03. The van der Waals surface area contributed by atoms with Crippen LogP contribution in [-0.4, -0.2) is 34.3 Å². The summed E-state index contributed by atoms with van der Waals surface area (Å²) in [4.78, 5) is 19.3. The summed E-state index contributed by atoms with van der Waals surface area (Å²) in [5.41, 5.74) is 3.43. The third-order valence-electron chi connectivity index (χ3n) is 5.24. The number of hydrogen-bond donors (Lipinski definition) is 1. The first-order chi connectivity index (χ1) is 13.9. The van der Waals surface area contributed by atoms with Crippen molar-refractivity contribution in [2.75, 3.05) is 18.5 Å². The highest BCUT2D eigenvalue weighted by atomic mass is 19.1. The summed E-state index contributed by atoms with van der Waals surface area (Å²) >= 11 is 0. The molecule has 0 spiro atoms. The number of carbonyl (C=O) groups excluding carboxylic acids is 1. The Morgan fingerprint density at radius 3 is 2.83 bits per heavy atom. The van der Waals surface area contributed by atoms with Crippen LogP contribution in [-0.2, 0) is 6.54 Å². The minimum atomic E-state index is -0.312. The third kappa shape index (κ3) is 3.85. The van der Waals surface area contributed by atoms with Gasteiger partial charge in [0.1, 0.15) is 12.1 Å². The number of fused-ring (bicyclic) bond motifs is 1. The van der Waals surface area contributed by atoms with Crippen molar-refractivity contribution < 1.29 is 9.18 Å². The Bertz CT molecular complexity index is 1050. The fraction of sp³-hybridized carbons (Fsp3) is 0.318. The number of benzene rings is 2. The van der Waals surface area contributed by atoms with E-state index in [9.17, 15) is 9.18 Å². The second-order valence-corrected chi connectivity index (χ2v) is 7.70. The van der Waals surface area contributed by atoms with Crippen molar-refractivity contribution in [2.24, 2.45) is 0 Å². The first-order valence-electron chi connectivity index (χ1n) is 9.71. The maximum absolute atomic E-state index is 13.3. The zero-order chi connectivity index (χ0) is 20.5. The zero-order valence-corrected chi connectivity index (χ0v) is 16.8. The van der Waals surface area contributed by atoms with E-state index >= 15 is 0 Å². The number of likely N-dealkylation sites (N-methyl/N-ethyl adjacent to an activating group) is 1. The lowest BCUT2D eigenvalue weighted by molar-refractivity contribution is 0.0950. The van der Waals surface area contributed by atoms with Crippen molar-refractivity contribution in [3.05, 3.63) is 77.1 Å². The lowest BCUT2D eigenvalue weighted by atomic mass is 9.98. The molecule has 0 saturated carbocycles. The normalized spacial score (nSPS) is 15.6. The molecule has 0 saturated heterocycles. The molecule has 29 heavy (non-hydrogen) atoms. The fourth-order valence-corrected chi connectivity index (χ4v) is 3.64. The average Bonchev–Trinajstić information content (AvgIpc) is 3.31. The number of aromatic nitrogens is 3. The van der Waals surface area contributed by atoms with Gasteiger partial charge in [-0.2, -0.15) is 5.10 Å². The molecule has 2 heterocycles. The molecule has 6 nitrogen and oxygen atoms in total. The van der Waals surface area contributed by atoms with Gasteiger partial charge in [0.2, 0.25) is 0 Å². The van der Waals surface area contributed by atoms with Crippen molar-refractivity contribution in [1.29, 1.82) is 0 Å². The topological polar surface area (TPSA) is 63.1 Å². The standard InChI is InChI=1S/C22H24FN5O/c1-14(2)28-13-25-21(26-28)19-12-27(3)20-8-7-16(10-18(19)20)22(29)24-11-15-5-4-6-17(23)9-15/h4-10,13-14,19H,11-12H2,1-3H3,(H,24,29). The molecule has 3 aromatic rings. The number of hydrogen-bond acceptors (Lipinski definition) is 4. The van der Waals surface area contributed by atoms with Gasteiger partial charge in [0.25, 0.3) is 5.91 Å². The van der Waals surface area contributed by atoms with E-state index in [1.54, 1.807) is 18.5 Å². The van der Waals surface area contributed by atoms with Gasteiger partial charge in [-0.05, 0) is 55.3 Å². The van der Waals surface area contributed by atoms with E-state index in [1.165, 1.54) is 12.1 Å². The largest absolute Gasteiger partial charge is 0.373 e. The summed E-state index contributed by atoms with van der Waals surface area (Å²) in [6.07, 6.45) is 1.76. The van der Waals surface area contributed by atoms with Crippen molar-refractivity contribution in [1.82, 2.24) is 20.1 Å². The Morgan fingerprint density at radius 2 is 2.10 bits per heavy atom. The smallest absolute Gasteiger partial charge is 0.251 e. The van der Waals surface area contributed by atoms with E-state index in [1.807, 2.05) is 29.9 Å². The molecule has 150 valence electrons. The van der Waals surface area contributed by atoms with Gasteiger partial charge in [-0.1, -0.05) is 12.1 Å². The zero-order valence-electron chi connectivity index (χ0n) is 16.8. The first kappa shape index (κ1) is 19.1. The second kappa shape index (κ2) is 7.66. The molecule has 1 unspecified atom stereocenters. The number of carbonyl (C=O) groups is 1. The minimum absolute atomic E-state index is 0.0194. The SMILES string of the molecule is CC(C)n1cnc(C2CN(C)c3ccc(C(=O)NCc4cccc(F)c4)cc32)n1. The number of halogens is 1. The predicted molar refractivity (Wildman–Crippen MR) is 110 cm³/mol. The van der Waals surface area contributed by atoms with Gasteiger partial charge < -0.3 is 10.2 Å². The van der Waals surface area contributed by atoms with Crippen LogP contribution < -0.4 is 10.2 Å². The molecule has 4 rings (SSSR count). The lowest BCUT2D eigenvalue weighted by Crippen LogP contribution is -2.23. The van der Waals surface area contributed by atoms with E-state index in [2.05, 4.69) is 34.1 Å². The summed E-state index contributed by atoms with van der Waals surface area (Å²) in [5.74, 6) is 0.284. The van der Waals surface area contributed by atoms with Gasteiger partial charge in [-0.15, -0.1) is 0 Å². The predicted octanol–water partition coefficient (Wildman–Crippen LogP) is 3.51. The average molecular weight is 393 g/mol. The Morgan fingerprint density at radius 1 is 1.28 bits per heavy atom. The van der Waals surface area contributed by atoms with Crippen molar-refractivity contribution >= 4 is 11.6 Å². The second-order valence-electron chi connectivity index (χ2n) is 7.70. The summed E-state index contributed by atoms with van der Waals surface area (Å²) in [5, 5.41) is 7.49. The van der Waals surface area contributed by atoms with Gasteiger partial charge in [0.05, 0.1) is 5.92 Å². The van der Waals surface area contributed by atoms with Crippen molar-refractivity contribution in [3.8, 4) is 0 Å². The first-order valence-corrected chi connectivity index (χ1v) is 9.71. The molecule has 1 amide bonds. The van der Waals surface area contributed by atoms with E-state index in [0.29, 0.717) is 5.56 Å². The summed E-state index contributed by atoms with van der Waals surface area (Å²) in [6.45, 7) is 5.17. The molecule has 1 aliphatic rings. The number of anilines is 1. The van der Waals surface area contributed by atoms with Crippen molar-refractivity contribution in [3.63, 3.8) is 0 Å². The van der Waals surface area contributed by atoms with Gasteiger partial charge in [0, 0.05) is 37.4 Å². The van der Waals surface area contributed by atoms with Gasteiger partial charge in [-0.25, -0.2) is 9.37 Å². The molecular weight excluding hydrogens is 369 g/mol. The molecule has 1 aromatic heterocycles. The summed E-state index contributed by atoms with van der Waals surface area (Å²) in [6, 6.07) is 12.2. The monoisotopic (exact) mass is 393 g/mol. The number of amides is 1. The molecular formula is C22H24FN5O. The van der Waals surface area contributed by atoms with Crippen LogP contribution in [0, 0.1) is 5.82 Å². The van der Waals surface area contributed by atoms with Crippen LogP contribution in [0.1, 0.15) is 53.1 Å². The van der Waals surface area contributed by atoms with Crippen LogP contribution in [0.2, 0.25) is 0 Å². The number of rotatable bonds is 5. The Balaban J connectivity index is 1.55. The van der Waals surface area contributed by atoms with E-state index in [0.717, 1.165) is 29.2 Å².